The number of rotatable bonds is 4. The molecule has 0 aliphatic heterocycles. The zero-order chi connectivity index (χ0) is 8.20. The average molecular weight is 144 g/mol. The van der Waals surface area contributed by atoms with Gasteiger partial charge in [0.05, 0.1) is 27.2 Å². The van der Waals surface area contributed by atoms with Crippen molar-refractivity contribution in [1.29, 1.82) is 0 Å². The van der Waals surface area contributed by atoms with Crippen molar-refractivity contribution >= 4 is 0 Å². The second-order valence-electron chi connectivity index (χ2n) is 3.69. The molecule has 0 bridgehead atoms. The maximum absolute atomic E-state index is 3.89. The summed E-state index contributed by atoms with van der Waals surface area (Å²) in [6.07, 6.45) is 0. The van der Waals surface area contributed by atoms with Crippen LogP contribution in [0.25, 0.3) is 0 Å². The molecule has 10 heavy (non-hydrogen) atoms. The molecular formula is C8H20N2+. The Morgan fingerprint density at radius 2 is 1.80 bits per heavy atom. The highest BCUT2D eigenvalue weighted by Crippen LogP contribution is 1.94. The van der Waals surface area contributed by atoms with Crippen LogP contribution in [0, 0.1) is 6.92 Å². The van der Waals surface area contributed by atoms with Crippen molar-refractivity contribution in [1.82, 2.24) is 4.90 Å². The highest BCUT2D eigenvalue weighted by Gasteiger charge is 2.10. The number of hydrogen-bond donors (Lipinski definition) is 0. The van der Waals surface area contributed by atoms with Gasteiger partial charge in [-0.25, -0.2) is 0 Å². The highest BCUT2D eigenvalue weighted by molar-refractivity contribution is 4.42. The number of nitrogens with zero attached hydrogens (tertiary/aromatic N) is 2. The van der Waals surface area contributed by atoms with Gasteiger partial charge in [-0.05, 0) is 14.1 Å². The van der Waals surface area contributed by atoms with Gasteiger partial charge in [0.1, 0.15) is 0 Å². The maximum Gasteiger partial charge on any atom is 0.0911 e. The van der Waals surface area contributed by atoms with Crippen LogP contribution >= 0.6 is 0 Å². The van der Waals surface area contributed by atoms with E-state index in [0.717, 1.165) is 17.6 Å². The van der Waals surface area contributed by atoms with Crippen molar-refractivity contribution in [3.05, 3.63) is 6.92 Å². The summed E-state index contributed by atoms with van der Waals surface area (Å²) in [4.78, 5) is 2.20. The van der Waals surface area contributed by atoms with Crippen molar-refractivity contribution in [2.24, 2.45) is 0 Å². The molecule has 0 unspecified atom stereocenters. The Hall–Kier alpha value is -0.0800. The lowest BCUT2D eigenvalue weighted by atomic mass is 10.4. The van der Waals surface area contributed by atoms with Crippen LogP contribution in [0.2, 0.25) is 0 Å². The number of hydrogen-bond acceptors (Lipinski definition) is 1. The third-order valence-electron chi connectivity index (χ3n) is 1.76. The second kappa shape index (κ2) is 3.94. The lowest BCUT2D eigenvalue weighted by molar-refractivity contribution is -0.884. The van der Waals surface area contributed by atoms with E-state index < -0.39 is 0 Å². The molecule has 2 nitrogen and oxygen atoms in total. The van der Waals surface area contributed by atoms with Gasteiger partial charge in [-0.3, -0.25) is 0 Å². The van der Waals surface area contributed by atoms with Crippen LogP contribution in [0.15, 0.2) is 0 Å². The first-order valence-electron chi connectivity index (χ1n) is 3.74. The molecule has 0 saturated heterocycles. The van der Waals surface area contributed by atoms with Gasteiger partial charge in [-0.15, -0.1) is 0 Å². The molecule has 0 aliphatic rings. The third kappa shape index (κ3) is 4.77. The molecule has 0 atom stereocenters. The van der Waals surface area contributed by atoms with E-state index in [1.807, 2.05) is 0 Å². The van der Waals surface area contributed by atoms with Crippen LogP contribution in [0.1, 0.15) is 0 Å². The van der Waals surface area contributed by atoms with E-state index >= 15 is 0 Å². The summed E-state index contributed by atoms with van der Waals surface area (Å²) in [7, 11) is 8.61. The zero-order valence-electron chi connectivity index (χ0n) is 7.72. The minimum absolute atomic E-state index is 0.966. The molecule has 1 radical (unpaired) electrons. The summed E-state index contributed by atoms with van der Waals surface area (Å²) in [6, 6.07) is 0. The Morgan fingerprint density at radius 3 is 2.10 bits per heavy atom. The molecule has 2 heteroatoms. The van der Waals surface area contributed by atoms with Crippen molar-refractivity contribution in [2.75, 3.05) is 47.8 Å². The molecule has 0 aromatic rings. The minimum Gasteiger partial charge on any atom is -0.327 e. The predicted molar refractivity (Wildman–Crippen MR) is 45.8 cm³/mol. The molecule has 0 heterocycles. The van der Waals surface area contributed by atoms with Gasteiger partial charge in [0, 0.05) is 13.5 Å². The Kier molecular flexibility index (Phi) is 3.91. The van der Waals surface area contributed by atoms with Crippen LogP contribution in [-0.2, 0) is 0 Å². The van der Waals surface area contributed by atoms with Gasteiger partial charge in [-0.1, -0.05) is 0 Å². The second-order valence-corrected chi connectivity index (χ2v) is 3.69. The summed E-state index contributed by atoms with van der Waals surface area (Å²) in [5.41, 5.74) is 0. The third-order valence-corrected chi connectivity index (χ3v) is 1.76. The van der Waals surface area contributed by atoms with Crippen LogP contribution in [0.5, 0.6) is 0 Å². The first-order chi connectivity index (χ1) is 4.48. The number of quaternary nitrogens is 1. The van der Waals surface area contributed by atoms with E-state index in [4.69, 9.17) is 0 Å². The van der Waals surface area contributed by atoms with Gasteiger partial charge in [0.2, 0.25) is 0 Å². The largest absolute Gasteiger partial charge is 0.327 e. The Labute approximate surface area is 65.0 Å². The summed E-state index contributed by atoms with van der Waals surface area (Å²) in [5, 5.41) is 0. The fourth-order valence-electron chi connectivity index (χ4n) is 0.583. The van der Waals surface area contributed by atoms with E-state index in [1.165, 1.54) is 6.54 Å². The van der Waals surface area contributed by atoms with Crippen molar-refractivity contribution in [2.45, 2.75) is 0 Å². The molecule has 0 amide bonds. The predicted octanol–water partition coefficient (Wildman–Crippen LogP) is 0.458. The van der Waals surface area contributed by atoms with E-state index in [2.05, 4.69) is 40.0 Å². The summed E-state index contributed by atoms with van der Waals surface area (Å²) >= 11 is 0. The summed E-state index contributed by atoms with van der Waals surface area (Å²) < 4.78 is 1.01. The molecule has 0 rings (SSSR count). The zero-order valence-corrected chi connectivity index (χ0v) is 7.72. The van der Waals surface area contributed by atoms with Crippen LogP contribution < -0.4 is 0 Å². The molecular weight excluding hydrogens is 124 g/mol. The smallest absolute Gasteiger partial charge is 0.0911 e. The summed E-state index contributed by atoms with van der Waals surface area (Å²) in [6.45, 7) is 7.17. The highest BCUT2D eigenvalue weighted by atomic mass is 15.3. The maximum atomic E-state index is 3.89. The molecule has 0 aromatic heterocycles. The van der Waals surface area contributed by atoms with Gasteiger partial charge < -0.3 is 9.38 Å². The molecule has 0 N–H and O–H groups in total. The van der Waals surface area contributed by atoms with Gasteiger partial charge in [-0.2, -0.15) is 0 Å². The normalized spacial score (nSPS) is 12.6. The van der Waals surface area contributed by atoms with Crippen molar-refractivity contribution in [3.8, 4) is 0 Å². The lowest BCUT2D eigenvalue weighted by Crippen LogP contribution is -2.43. The van der Waals surface area contributed by atoms with Crippen LogP contribution in [-0.4, -0.2) is 57.2 Å². The van der Waals surface area contributed by atoms with E-state index in [9.17, 15) is 0 Å². The quantitative estimate of drug-likeness (QED) is 0.518. The first-order valence-corrected chi connectivity index (χ1v) is 3.74. The van der Waals surface area contributed by atoms with E-state index in [0.29, 0.717) is 0 Å². The standard InChI is InChI=1S/C8H20N2/c1-6-10(4,5)8-7-9(2)3/h1,6-8H2,2-5H3/q+1. The average Bonchev–Trinajstić information content (AvgIpc) is 1.85. The summed E-state index contributed by atoms with van der Waals surface area (Å²) in [5.74, 6) is 0. The van der Waals surface area contributed by atoms with Crippen LogP contribution in [0.4, 0.5) is 0 Å². The van der Waals surface area contributed by atoms with E-state index in [-0.39, 0.29) is 0 Å². The molecule has 0 aromatic carbocycles. The van der Waals surface area contributed by atoms with Crippen molar-refractivity contribution in [3.63, 3.8) is 0 Å². The molecule has 0 aliphatic carbocycles. The molecule has 0 spiro atoms. The fourth-order valence-corrected chi connectivity index (χ4v) is 0.583. The van der Waals surface area contributed by atoms with Crippen molar-refractivity contribution < 1.29 is 4.48 Å². The van der Waals surface area contributed by atoms with E-state index in [1.54, 1.807) is 0 Å². The van der Waals surface area contributed by atoms with Crippen LogP contribution in [0.3, 0.4) is 0 Å². The molecule has 0 saturated carbocycles. The topological polar surface area (TPSA) is 3.24 Å². The Bertz CT molecular complexity index is 87.3. The fraction of sp³-hybridized carbons (Fsp3) is 0.875. The first kappa shape index (κ1) is 9.92. The van der Waals surface area contributed by atoms with Gasteiger partial charge in [0.25, 0.3) is 0 Å². The Morgan fingerprint density at radius 1 is 1.30 bits per heavy atom. The monoisotopic (exact) mass is 144 g/mol. The minimum atomic E-state index is 0.966. The Balaban J connectivity index is 3.46. The molecule has 0 fully saturated rings. The SMILES string of the molecule is [CH2]C[N+](C)(C)CCN(C)C. The molecule has 61 valence electrons. The van der Waals surface area contributed by atoms with Gasteiger partial charge >= 0.3 is 0 Å². The lowest BCUT2D eigenvalue weighted by Gasteiger charge is -2.29. The van der Waals surface area contributed by atoms with Gasteiger partial charge in [0.15, 0.2) is 0 Å². The number of likely N-dealkylation sites (N-methyl/N-ethyl adjacent to an activating group) is 2.